The number of carbonyl (C=O) groups excluding carboxylic acids is 2. The van der Waals surface area contributed by atoms with Crippen LogP contribution in [0.1, 0.15) is 24.0 Å². The number of benzene rings is 2. The maximum absolute atomic E-state index is 12.6. The first-order chi connectivity index (χ1) is 12.7. The van der Waals surface area contributed by atoms with Crippen LogP contribution in [-0.4, -0.2) is 36.4 Å². The van der Waals surface area contributed by atoms with Crippen molar-refractivity contribution in [3.05, 3.63) is 65.7 Å². The Labute approximate surface area is 154 Å². The Morgan fingerprint density at radius 1 is 1.12 bits per heavy atom. The highest BCUT2D eigenvalue weighted by molar-refractivity contribution is 5.90. The third-order valence-electron chi connectivity index (χ3n) is 4.70. The Morgan fingerprint density at radius 3 is 2.54 bits per heavy atom. The molecule has 3 rings (SSSR count). The van der Waals surface area contributed by atoms with Crippen LogP contribution in [0.2, 0.25) is 0 Å². The van der Waals surface area contributed by atoms with Gasteiger partial charge in [0.1, 0.15) is 11.8 Å². The Morgan fingerprint density at radius 2 is 1.85 bits per heavy atom. The zero-order chi connectivity index (χ0) is 18.4. The summed E-state index contributed by atoms with van der Waals surface area (Å²) in [5.41, 5.74) is 2.17. The molecule has 0 radical (unpaired) electrons. The molecular formula is C21H24N2O3. The van der Waals surface area contributed by atoms with Crippen molar-refractivity contribution in [2.45, 2.75) is 31.8 Å². The Hall–Kier alpha value is -2.82. The van der Waals surface area contributed by atoms with Gasteiger partial charge in [-0.15, -0.1) is 0 Å². The summed E-state index contributed by atoms with van der Waals surface area (Å²) in [6, 6.07) is 17.2. The number of ether oxygens (including phenoxy) is 1. The molecule has 1 aliphatic heterocycles. The summed E-state index contributed by atoms with van der Waals surface area (Å²) in [5, 5.41) is 2.97. The fourth-order valence-electron chi connectivity index (χ4n) is 3.22. The van der Waals surface area contributed by atoms with Gasteiger partial charge in [0.15, 0.2) is 0 Å². The first-order valence-corrected chi connectivity index (χ1v) is 8.91. The first kappa shape index (κ1) is 18.0. The lowest BCUT2D eigenvalue weighted by Gasteiger charge is -2.24. The molecular weight excluding hydrogens is 328 g/mol. The fourth-order valence-corrected chi connectivity index (χ4v) is 3.22. The molecule has 136 valence electrons. The highest BCUT2D eigenvalue weighted by atomic mass is 16.5. The predicted octanol–water partition coefficient (Wildman–Crippen LogP) is 2.55. The molecule has 0 aromatic heterocycles. The summed E-state index contributed by atoms with van der Waals surface area (Å²) in [5.74, 6) is 0.737. The normalized spacial score (nSPS) is 16.6. The van der Waals surface area contributed by atoms with E-state index in [1.54, 1.807) is 12.0 Å². The lowest BCUT2D eigenvalue weighted by molar-refractivity contribution is -0.135. The number of nitrogens with zero attached hydrogens (tertiary/aromatic N) is 1. The molecule has 0 spiro atoms. The number of rotatable bonds is 7. The lowest BCUT2D eigenvalue weighted by Crippen LogP contribution is -2.44. The van der Waals surface area contributed by atoms with E-state index < -0.39 is 0 Å². The molecule has 2 amide bonds. The average Bonchev–Trinajstić information content (AvgIpc) is 3.04. The minimum atomic E-state index is -0.389. The molecule has 5 nitrogen and oxygen atoms in total. The van der Waals surface area contributed by atoms with Gasteiger partial charge in [-0.3, -0.25) is 9.59 Å². The number of hydrogen-bond acceptors (Lipinski definition) is 3. The Balaban J connectivity index is 1.56. The van der Waals surface area contributed by atoms with Gasteiger partial charge in [0.25, 0.3) is 0 Å². The molecule has 5 heteroatoms. The summed E-state index contributed by atoms with van der Waals surface area (Å²) in [6.07, 6.45) is 1.78. The van der Waals surface area contributed by atoms with E-state index >= 15 is 0 Å². The predicted molar refractivity (Wildman–Crippen MR) is 99.7 cm³/mol. The van der Waals surface area contributed by atoms with Crippen LogP contribution in [0.25, 0.3) is 0 Å². The van der Waals surface area contributed by atoms with Crippen molar-refractivity contribution in [2.75, 3.05) is 13.7 Å². The van der Waals surface area contributed by atoms with Crippen LogP contribution >= 0.6 is 0 Å². The topological polar surface area (TPSA) is 58.6 Å². The van der Waals surface area contributed by atoms with Crippen molar-refractivity contribution in [2.24, 2.45) is 0 Å². The minimum Gasteiger partial charge on any atom is -0.497 e. The van der Waals surface area contributed by atoms with Gasteiger partial charge in [-0.2, -0.15) is 0 Å². The molecule has 1 heterocycles. The summed E-state index contributed by atoms with van der Waals surface area (Å²) in [4.78, 5) is 26.5. The van der Waals surface area contributed by atoms with E-state index in [1.807, 2.05) is 54.6 Å². The average molecular weight is 352 g/mol. The second-order valence-electron chi connectivity index (χ2n) is 6.45. The minimum absolute atomic E-state index is 0.0315. The molecule has 26 heavy (non-hydrogen) atoms. The molecule has 0 aliphatic carbocycles. The van der Waals surface area contributed by atoms with E-state index in [2.05, 4.69) is 5.32 Å². The highest BCUT2D eigenvalue weighted by Crippen LogP contribution is 2.22. The lowest BCUT2D eigenvalue weighted by atomic mass is 10.1. The fraction of sp³-hybridized carbons (Fsp3) is 0.333. The van der Waals surface area contributed by atoms with Gasteiger partial charge in [-0.25, -0.2) is 0 Å². The van der Waals surface area contributed by atoms with Crippen LogP contribution in [0.3, 0.4) is 0 Å². The summed E-state index contributed by atoms with van der Waals surface area (Å²) in [7, 11) is 1.62. The number of amides is 2. The van der Waals surface area contributed by atoms with E-state index in [0.717, 1.165) is 17.7 Å². The molecule has 2 aromatic carbocycles. The molecule has 0 unspecified atom stereocenters. The van der Waals surface area contributed by atoms with Gasteiger partial charge in [-0.05, 0) is 36.1 Å². The molecule has 2 aromatic rings. The van der Waals surface area contributed by atoms with Gasteiger partial charge in [0.05, 0.1) is 7.11 Å². The monoisotopic (exact) mass is 352 g/mol. The molecule has 1 fully saturated rings. The standard InChI is InChI=1S/C21H24N2O3/c1-26-18-9-7-17(8-10-18)15-23-19(11-12-20(23)24)21(25)22-14-13-16-5-3-2-4-6-16/h2-10,19H,11-15H2,1H3,(H,22,25)/t19-/m0/s1. The number of nitrogens with one attached hydrogen (secondary N) is 1. The molecule has 0 saturated carbocycles. The zero-order valence-electron chi connectivity index (χ0n) is 15.0. The zero-order valence-corrected chi connectivity index (χ0v) is 15.0. The Bertz CT molecular complexity index is 744. The second-order valence-corrected chi connectivity index (χ2v) is 6.45. The maximum atomic E-state index is 12.6. The van der Waals surface area contributed by atoms with Gasteiger partial charge < -0.3 is 15.0 Å². The second kappa shape index (κ2) is 8.52. The largest absolute Gasteiger partial charge is 0.497 e. The van der Waals surface area contributed by atoms with Crippen LogP contribution < -0.4 is 10.1 Å². The number of carbonyl (C=O) groups is 2. The Kier molecular flexibility index (Phi) is 5.89. The molecule has 1 aliphatic rings. The van der Waals surface area contributed by atoms with Crippen LogP contribution in [0.4, 0.5) is 0 Å². The smallest absolute Gasteiger partial charge is 0.242 e. The number of hydrogen-bond donors (Lipinski definition) is 1. The molecule has 1 N–H and O–H groups in total. The van der Waals surface area contributed by atoms with Gasteiger partial charge >= 0.3 is 0 Å². The quantitative estimate of drug-likeness (QED) is 0.833. The molecule has 0 bridgehead atoms. The van der Waals surface area contributed by atoms with Crippen LogP contribution in [0.5, 0.6) is 5.75 Å². The van der Waals surface area contributed by atoms with Gasteiger partial charge in [-0.1, -0.05) is 42.5 Å². The van der Waals surface area contributed by atoms with Gasteiger partial charge in [0.2, 0.25) is 11.8 Å². The number of methoxy groups -OCH3 is 1. The van der Waals surface area contributed by atoms with Crippen molar-refractivity contribution in [1.29, 1.82) is 0 Å². The van der Waals surface area contributed by atoms with Crippen molar-refractivity contribution in [3.63, 3.8) is 0 Å². The SMILES string of the molecule is COc1ccc(CN2C(=O)CC[C@H]2C(=O)NCCc2ccccc2)cc1. The van der Waals surface area contributed by atoms with E-state index in [4.69, 9.17) is 4.74 Å². The summed E-state index contributed by atoms with van der Waals surface area (Å²) >= 11 is 0. The van der Waals surface area contributed by atoms with Crippen LogP contribution in [0, 0.1) is 0 Å². The van der Waals surface area contributed by atoms with Crippen molar-refractivity contribution in [3.8, 4) is 5.75 Å². The first-order valence-electron chi connectivity index (χ1n) is 8.91. The van der Waals surface area contributed by atoms with E-state index in [-0.39, 0.29) is 17.9 Å². The summed E-state index contributed by atoms with van der Waals surface area (Å²) < 4.78 is 5.16. The third-order valence-corrected chi connectivity index (χ3v) is 4.70. The third kappa shape index (κ3) is 4.42. The summed E-state index contributed by atoms with van der Waals surface area (Å²) in [6.45, 7) is 1.02. The van der Waals surface area contributed by atoms with Crippen molar-refractivity contribution < 1.29 is 14.3 Å². The maximum Gasteiger partial charge on any atom is 0.242 e. The number of likely N-dealkylation sites (tertiary alicyclic amines) is 1. The van der Waals surface area contributed by atoms with Crippen LogP contribution in [0.15, 0.2) is 54.6 Å². The highest BCUT2D eigenvalue weighted by Gasteiger charge is 2.35. The van der Waals surface area contributed by atoms with Crippen molar-refractivity contribution >= 4 is 11.8 Å². The van der Waals surface area contributed by atoms with Crippen molar-refractivity contribution in [1.82, 2.24) is 10.2 Å². The molecule has 1 atom stereocenters. The van der Waals surface area contributed by atoms with E-state index in [1.165, 1.54) is 5.56 Å². The van der Waals surface area contributed by atoms with E-state index in [0.29, 0.717) is 25.9 Å². The van der Waals surface area contributed by atoms with Gasteiger partial charge in [0, 0.05) is 19.5 Å². The van der Waals surface area contributed by atoms with Crippen LogP contribution in [-0.2, 0) is 22.6 Å². The van der Waals surface area contributed by atoms with E-state index in [9.17, 15) is 9.59 Å². The molecule has 1 saturated heterocycles.